The molecular weight excluding hydrogens is 186 g/mol. The Kier molecular flexibility index (Phi) is 3.47. The molecule has 1 atom stereocenters. The van der Waals surface area contributed by atoms with Gasteiger partial charge in [0.15, 0.2) is 0 Å². The highest BCUT2D eigenvalue weighted by Gasteiger charge is 2.38. The predicted octanol–water partition coefficient (Wildman–Crippen LogP) is 3.07. The van der Waals surface area contributed by atoms with Crippen LogP contribution < -0.4 is 0 Å². The van der Waals surface area contributed by atoms with Crippen LogP contribution in [0, 0.1) is 10.8 Å². The van der Waals surface area contributed by atoms with Crippen molar-refractivity contribution in [1.82, 2.24) is 4.90 Å². The van der Waals surface area contributed by atoms with E-state index in [9.17, 15) is 4.79 Å². The summed E-state index contributed by atoms with van der Waals surface area (Å²) in [6.45, 7) is 12.9. The number of carbonyl (C=O) groups excluding carboxylic acids is 1. The summed E-state index contributed by atoms with van der Waals surface area (Å²) in [5, 5.41) is 0. The van der Waals surface area contributed by atoms with Gasteiger partial charge >= 0.3 is 0 Å². The zero-order valence-corrected chi connectivity index (χ0v) is 10.9. The molecule has 2 nitrogen and oxygen atoms in total. The average Bonchev–Trinajstić information content (AvgIpc) is 2.26. The van der Waals surface area contributed by atoms with Crippen LogP contribution in [0.15, 0.2) is 0 Å². The lowest BCUT2D eigenvalue weighted by molar-refractivity contribution is -0.128. The van der Waals surface area contributed by atoms with Crippen molar-refractivity contribution >= 4 is 5.91 Å². The van der Waals surface area contributed by atoms with Gasteiger partial charge in [-0.2, -0.15) is 0 Å². The first-order chi connectivity index (χ1) is 6.76. The van der Waals surface area contributed by atoms with Crippen LogP contribution in [0.1, 0.15) is 53.9 Å². The Balaban J connectivity index is 2.71. The molecule has 0 spiro atoms. The minimum Gasteiger partial charge on any atom is -0.343 e. The van der Waals surface area contributed by atoms with Crippen LogP contribution >= 0.6 is 0 Å². The molecule has 1 rings (SSSR count). The maximum atomic E-state index is 11.3. The minimum atomic E-state index is 0.230. The Morgan fingerprint density at radius 2 is 1.80 bits per heavy atom. The molecule has 0 aromatic heterocycles. The summed E-state index contributed by atoms with van der Waals surface area (Å²) >= 11 is 0. The standard InChI is InChI=1S/C13H25NO/c1-11(15)14-9-6-7-13(5,8-10-14)12(2,3)4/h6-10H2,1-5H3. The molecule has 2 heteroatoms. The third-order valence-corrected chi connectivity index (χ3v) is 4.35. The number of nitrogens with zero attached hydrogens (tertiary/aromatic N) is 1. The number of hydrogen-bond acceptors (Lipinski definition) is 1. The predicted molar refractivity (Wildman–Crippen MR) is 63.7 cm³/mol. The molecule has 0 aromatic carbocycles. The van der Waals surface area contributed by atoms with E-state index in [1.807, 2.05) is 4.90 Å². The first-order valence-electron chi connectivity index (χ1n) is 6.02. The van der Waals surface area contributed by atoms with Crippen molar-refractivity contribution in [1.29, 1.82) is 0 Å². The fraction of sp³-hybridized carbons (Fsp3) is 0.923. The van der Waals surface area contributed by atoms with Gasteiger partial charge in [-0.05, 0) is 30.1 Å². The highest BCUT2D eigenvalue weighted by molar-refractivity contribution is 5.73. The van der Waals surface area contributed by atoms with Crippen LogP contribution in [0.3, 0.4) is 0 Å². The summed E-state index contributed by atoms with van der Waals surface area (Å²) in [4.78, 5) is 13.3. The quantitative estimate of drug-likeness (QED) is 0.603. The molecule has 15 heavy (non-hydrogen) atoms. The fourth-order valence-corrected chi connectivity index (χ4v) is 2.34. The van der Waals surface area contributed by atoms with Crippen molar-refractivity contribution in [2.45, 2.75) is 53.9 Å². The molecule has 1 unspecified atom stereocenters. The van der Waals surface area contributed by atoms with Gasteiger partial charge in [-0.1, -0.05) is 27.7 Å². The summed E-state index contributed by atoms with van der Waals surface area (Å²) in [5.74, 6) is 0.230. The van der Waals surface area contributed by atoms with E-state index in [4.69, 9.17) is 0 Å². The smallest absolute Gasteiger partial charge is 0.219 e. The number of amides is 1. The molecule has 1 heterocycles. The number of hydrogen-bond donors (Lipinski definition) is 0. The molecule has 1 amide bonds. The Morgan fingerprint density at radius 3 is 2.27 bits per heavy atom. The van der Waals surface area contributed by atoms with Crippen LogP contribution in [0.5, 0.6) is 0 Å². The Morgan fingerprint density at radius 1 is 1.20 bits per heavy atom. The van der Waals surface area contributed by atoms with Gasteiger partial charge in [0, 0.05) is 20.0 Å². The number of carbonyl (C=O) groups is 1. The lowest BCUT2D eigenvalue weighted by Gasteiger charge is -2.41. The highest BCUT2D eigenvalue weighted by atomic mass is 16.2. The zero-order chi connectivity index (χ0) is 11.7. The lowest BCUT2D eigenvalue weighted by Crippen LogP contribution is -2.35. The van der Waals surface area contributed by atoms with E-state index in [2.05, 4.69) is 27.7 Å². The van der Waals surface area contributed by atoms with Gasteiger partial charge in [0.1, 0.15) is 0 Å². The van der Waals surface area contributed by atoms with Crippen LogP contribution in [0.25, 0.3) is 0 Å². The van der Waals surface area contributed by atoms with Crippen LogP contribution in [-0.4, -0.2) is 23.9 Å². The molecule has 1 fully saturated rings. The van der Waals surface area contributed by atoms with Crippen LogP contribution in [0.2, 0.25) is 0 Å². The van der Waals surface area contributed by atoms with Gasteiger partial charge in [-0.25, -0.2) is 0 Å². The van der Waals surface area contributed by atoms with E-state index in [1.54, 1.807) is 6.92 Å². The van der Waals surface area contributed by atoms with Crippen molar-refractivity contribution in [3.05, 3.63) is 0 Å². The topological polar surface area (TPSA) is 20.3 Å². The van der Waals surface area contributed by atoms with Gasteiger partial charge in [0.05, 0.1) is 0 Å². The number of likely N-dealkylation sites (tertiary alicyclic amines) is 1. The van der Waals surface area contributed by atoms with Crippen LogP contribution in [-0.2, 0) is 4.79 Å². The summed E-state index contributed by atoms with van der Waals surface area (Å²) in [6, 6.07) is 0. The Bertz CT molecular complexity index is 241. The molecule has 0 bridgehead atoms. The molecule has 0 N–H and O–H groups in total. The molecule has 0 saturated carbocycles. The van der Waals surface area contributed by atoms with Crippen molar-refractivity contribution in [2.75, 3.05) is 13.1 Å². The maximum absolute atomic E-state index is 11.3. The normalized spacial score (nSPS) is 28.7. The third-order valence-electron chi connectivity index (χ3n) is 4.35. The van der Waals surface area contributed by atoms with Gasteiger partial charge in [-0.15, -0.1) is 0 Å². The molecular formula is C13H25NO. The second-order valence-electron chi connectivity index (χ2n) is 6.17. The Hall–Kier alpha value is -0.530. The van der Waals surface area contributed by atoms with E-state index in [0.717, 1.165) is 25.9 Å². The zero-order valence-electron chi connectivity index (χ0n) is 10.9. The van der Waals surface area contributed by atoms with E-state index < -0.39 is 0 Å². The van der Waals surface area contributed by atoms with E-state index in [-0.39, 0.29) is 5.91 Å². The number of rotatable bonds is 0. The summed E-state index contributed by atoms with van der Waals surface area (Å²) in [5.41, 5.74) is 0.705. The third kappa shape index (κ3) is 2.73. The second kappa shape index (κ2) is 4.15. The van der Waals surface area contributed by atoms with Gasteiger partial charge in [0.2, 0.25) is 5.91 Å². The molecule has 88 valence electrons. The van der Waals surface area contributed by atoms with E-state index in [1.165, 1.54) is 6.42 Å². The van der Waals surface area contributed by atoms with Crippen molar-refractivity contribution < 1.29 is 4.79 Å². The molecule has 1 aliphatic heterocycles. The van der Waals surface area contributed by atoms with Crippen molar-refractivity contribution in [2.24, 2.45) is 10.8 Å². The molecule has 0 radical (unpaired) electrons. The molecule has 1 saturated heterocycles. The summed E-state index contributed by atoms with van der Waals surface area (Å²) in [7, 11) is 0. The van der Waals surface area contributed by atoms with Gasteiger partial charge < -0.3 is 4.90 Å². The van der Waals surface area contributed by atoms with Crippen molar-refractivity contribution in [3.8, 4) is 0 Å². The minimum absolute atomic E-state index is 0.230. The summed E-state index contributed by atoms with van der Waals surface area (Å²) in [6.07, 6.45) is 3.52. The van der Waals surface area contributed by atoms with E-state index in [0.29, 0.717) is 10.8 Å². The Labute approximate surface area is 94.0 Å². The lowest BCUT2D eigenvalue weighted by atomic mass is 9.64. The maximum Gasteiger partial charge on any atom is 0.219 e. The van der Waals surface area contributed by atoms with Crippen molar-refractivity contribution in [3.63, 3.8) is 0 Å². The SMILES string of the molecule is CC(=O)N1CCCC(C)(C(C)(C)C)CC1. The molecule has 0 aliphatic carbocycles. The van der Waals surface area contributed by atoms with Crippen LogP contribution in [0.4, 0.5) is 0 Å². The van der Waals surface area contributed by atoms with E-state index >= 15 is 0 Å². The second-order valence-corrected chi connectivity index (χ2v) is 6.17. The monoisotopic (exact) mass is 211 g/mol. The van der Waals surface area contributed by atoms with Gasteiger partial charge in [-0.3, -0.25) is 4.79 Å². The van der Waals surface area contributed by atoms with Gasteiger partial charge in [0.25, 0.3) is 0 Å². The average molecular weight is 211 g/mol. The first-order valence-corrected chi connectivity index (χ1v) is 6.02. The molecule has 0 aromatic rings. The largest absolute Gasteiger partial charge is 0.343 e. The highest BCUT2D eigenvalue weighted by Crippen LogP contribution is 2.46. The first kappa shape index (κ1) is 12.5. The fourth-order valence-electron chi connectivity index (χ4n) is 2.34. The molecule has 1 aliphatic rings. The summed E-state index contributed by atoms with van der Waals surface area (Å²) < 4.78 is 0.